The van der Waals surface area contributed by atoms with Crippen LogP contribution in [-0.4, -0.2) is 11.1 Å². The molecule has 94 valence electrons. The van der Waals surface area contributed by atoms with Crippen molar-refractivity contribution in [1.82, 2.24) is 0 Å². The van der Waals surface area contributed by atoms with Crippen molar-refractivity contribution < 1.29 is 9.90 Å². The van der Waals surface area contributed by atoms with Gasteiger partial charge in [-0.15, -0.1) is 0 Å². The van der Waals surface area contributed by atoms with Crippen molar-refractivity contribution >= 4 is 11.5 Å². The van der Waals surface area contributed by atoms with E-state index in [0.717, 1.165) is 39.0 Å². The van der Waals surface area contributed by atoms with E-state index >= 15 is 0 Å². The summed E-state index contributed by atoms with van der Waals surface area (Å²) in [6, 6.07) is 12.4. The van der Waals surface area contributed by atoms with Crippen LogP contribution in [0.5, 0.6) is 0 Å². The fourth-order valence-corrected chi connectivity index (χ4v) is 2.66. The summed E-state index contributed by atoms with van der Waals surface area (Å²) >= 11 is 0. The fraction of sp³-hybridized carbons (Fsp3) is 0.118. The van der Waals surface area contributed by atoms with Crippen LogP contribution in [0.4, 0.5) is 0 Å². The maximum Gasteiger partial charge on any atom is 0.328 e. The Morgan fingerprint density at radius 3 is 1.79 bits per heavy atom. The average Bonchev–Trinajstić information content (AvgIpc) is 2.62. The Kier molecular flexibility index (Phi) is 2.53. The van der Waals surface area contributed by atoms with Gasteiger partial charge in [0, 0.05) is 6.08 Å². The predicted molar refractivity (Wildman–Crippen MR) is 76.1 cm³/mol. The molecule has 0 spiro atoms. The first-order valence-electron chi connectivity index (χ1n) is 6.23. The lowest BCUT2D eigenvalue weighted by Gasteiger charge is -2.02. The molecule has 0 aromatic heterocycles. The lowest BCUT2D eigenvalue weighted by Crippen LogP contribution is -1.92. The summed E-state index contributed by atoms with van der Waals surface area (Å²) in [5.74, 6) is -0.906. The zero-order valence-corrected chi connectivity index (χ0v) is 10.9. The predicted octanol–water partition coefficient (Wildman–Crippen LogP) is 3.80. The third kappa shape index (κ3) is 1.85. The minimum atomic E-state index is -0.906. The number of rotatable bonds is 1. The van der Waals surface area contributed by atoms with Gasteiger partial charge in [0.2, 0.25) is 0 Å². The largest absolute Gasteiger partial charge is 0.478 e. The molecule has 0 unspecified atom stereocenters. The van der Waals surface area contributed by atoms with Crippen molar-refractivity contribution in [3.63, 3.8) is 0 Å². The second-order valence-electron chi connectivity index (χ2n) is 4.99. The summed E-state index contributed by atoms with van der Waals surface area (Å²) < 4.78 is 0. The molecule has 2 heteroatoms. The van der Waals surface area contributed by atoms with E-state index in [1.54, 1.807) is 0 Å². The van der Waals surface area contributed by atoms with Crippen LogP contribution in [0.15, 0.2) is 42.5 Å². The molecule has 0 amide bonds. The van der Waals surface area contributed by atoms with E-state index in [1.807, 2.05) is 13.8 Å². The van der Waals surface area contributed by atoms with Gasteiger partial charge in [0.1, 0.15) is 0 Å². The highest BCUT2D eigenvalue weighted by Gasteiger charge is 2.23. The van der Waals surface area contributed by atoms with Crippen LogP contribution in [0.2, 0.25) is 0 Å². The minimum absolute atomic E-state index is 0.810. The third-order valence-electron chi connectivity index (χ3n) is 3.49. The first-order chi connectivity index (χ1) is 9.06. The van der Waals surface area contributed by atoms with Gasteiger partial charge in [-0.05, 0) is 41.7 Å². The Bertz CT molecular complexity index is 671. The molecule has 0 saturated carbocycles. The molecule has 2 aromatic carbocycles. The molecule has 19 heavy (non-hydrogen) atoms. The molecular formula is C17H14O2. The second-order valence-corrected chi connectivity index (χ2v) is 4.99. The second kappa shape index (κ2) is 4.09. The van der Waals surface area contributed by atoms with Crippen LogP contribution in [-0.2, 0) is 4.79 Å². The van der Waals surface area contributed by atoms with E-state index < -0.39 is 5.97 Å². The van der Waals surface area contributed by atoms with Crippen LogP contribution < -0.4 is 0 Å². The SMILES string of the molecule is Cc1ccc2c(c1)C(=CC(=O)O)c1cc(C)ccc1-2. The molecule has 1 N–H and O–H groups in total. The Labute approximate surface area is 112 Å². The molecule has 0 radical (unpaired) electrons. The van der Waals surface area contributed by atoms with Gasteiger partial charge in [-0.25, -0.2) is 4.79 Å². The summed E-state index contributed by atoms with van der Waals surface area (Å²) in [5, 5.41) is 9.09. The average molecular weight is 250 g/mol. The molecule has 2 aromatic rings. The summed E-state index contributed by atoms with van der Waals surface area (Å²) in [4.78, 5) is 11.1. The molecule has 3 rings (SSSR count). The third-order valence-corrected chi connectivity index (χ3v) is 3.49. The molecular weight excluding hydrogens is 236 g/mol. The van der Waals surface area contributed by atoms with Crippen molar-refractivity contribution in [2.24, 2.45) is 0 Å². The van der Waals surface area contributed by atoms with Crippen LogP contribution in [0.25, 0.3) is 16.7 Å². The van der Waals surface area contributed by atoms with Crippen molar-refractivity contribution in [2.75, 3.05) is 0 Å². The number of aliphatic carboxylic acids is 1. The monoisotopic (exact) mass is 250 g/mol. The summed E-state index contributed by atoms with van der Waals surface area (Å²) in [5.41, 5.74) is 7.36. The van der Waals surface area contributed by atoms with E-state index in [9.17, 15) is 4.79 Å². The van der Waals surface area contributed by atoms with Gasteiger partial charge in [0.25, 0.3) is 0 Å². The first kappa shape index (κ1) is 11.7. The number of carboxylic acids is 1. The fourth-order valence-electron chi connectivity index (χ4n) is 2.66. The van der Waals surface area contributed by atoms with Crippen LogP contribution in [0.3, 0.4) is 0 Å². The molecule has 0 fully saturated rings. The maximum absolute atomic E-state index is 11.1. The summed E-state index contributed by atoms with van der Waals surface area (Å²) in [6.45, 7) is 4.04. The quantitative estimate of drug-likeness (QED) is 0.667. The number of carbonyl (C=O) groups is 1. The Balaban J connectivity index is 2.35. The topological polar surface area (TPSA) is 37.3 Å². The van der Waals surface area contributed by atoms with Crippen LogP contribution in [0.1, 0.15) is 22.3 Å². The highest BCUT2D eigenvalue weighted by molar-refractivity contribution is 6.06. The van der Waals surface area contributed by atoms with Gasteiger partial charge in [0.05, 0.1) is 0 Å². The van der Waals surface area contributed by atoms with Crippen molar-refractivity contribution in [2.45, 2.75) is 13.8 Å². The van der Waals surface area contributed by atoms with E-state index in [-0.39, 0.29) is 0 Å². The maximum atomic E-state index is 11.1. The van der Waals surface area contributed by atoms with Crippen molar-refractivity contribution in [1.29, 1.82) is 0 Å². The highest BCUT2D eigenvalue weighted by Crippen LogP contribution is 2.44. The number of carboxylic acid groups (broad SMARTS) is 1. The molecule has 0 bridgehead atoms. The summed E-state index contributed by atoms with van der Waals surface area (Å²) in [7, 11) is 0. The normalized spacial score (nSPS) is 12.0. The Morgan fingerprint density at radius 2 is 1.37 bits per heavy atom. The van der Waals surface area contributed by atoms with Gasteiger partial charge in [0.15, 0.2) is 0 Å². The Hall–Kier alpha value is -2.35. The van der Waals surface area contributed by atoms with E-state index in [4.69, 9.17) is 5.11 Å². The number of fused-ring (bicyclic) bond motifs is 3. The van der Waals surface area contributed by atoms with E-state index in [2.05, 4.69) is 36.4 Å². The van der Waals surface area contributed by atoms with Gasteiger partial charge in [-0.3, -0.25) is 0 Å². The standard InChI is InChI=1S/C17H14O2/c1-10-3-5-12-13-6-4-11(2)8-15(13)16(9-17(18)19)14(12)7-10/h3-9H,1-2H3,(H,18,19). The number of aryl methyl sites for hydroxylation is 2. The smallest absolute Gasteiger partial charge is 0.328 e. The Morgan fingerprint density at radius 1 is 0.895 bits per heavy atom. The first-order valence-corrected chi connectivity index (χ1v) is 6.23. The van der Waals surface area contributed by atoms with Gasteiger partial charge >= 0.3 is 5.97 Å². The lowest BCUT2D eigenvalue weighted by molar-refractivity contribution is -0.131. The van der Waals surface area contributed by atoms with Gasteiger partial charge in [-0.2, -0.15) is 0 Å². The summed E-state index contributed by atoms with van der Waals surface area (Å²) in [6.07, 6.45) is 1.31. The molecule has 0 atom stereocenters. The number of hydrogen-bond donors (Lipinski definition) is 1. The molecule has 0 heterocycles. The van der Waals surface area contributed by atoms with E-state index in [1.165, 1.54) is 6.08 Å². The van der Waals surface area contributed by atoms with Crippen molar-refractivity contribution in [3.8, 4) is 11.1 Å². The highest BCUT2D eigenvalue weighted by atomic mass is 16.4. The van der Waals surface area contributed by atoms with Crippen molar-refractivity contribution in [3.05, 3.63) is 64.7 Å². The minimum Gasteiger partial charge on any atom is -0.478 e. The van der Waals surface area contributed by atoms with Crippen LogP contribution >= 0.6 is 0 Å². The lowest BCUT2D eigenvalue weighted by atomic mass is 10.0. The molecule has 0 aliphatic heterocycles. The molecule has 0 saturated heterocycles. The van der Waals surface area contributed by atoms with Gasteiger partial charge in [-0.1, -0.05) is 47.5 Å². The van der Waals surface area contributed by atoms with Crippen LogP contribution in [0, 0.1) is 13.8 Å². The van der Waals surface area contributed by atoms with E-state index in [0.29, 0.717) is 0 Å². The molecule has 2 nitrogen and oxygen atoms in total. The zero-order valence-electron chi connectivity index (χ0n) is 10.9. The van der Waals surface area contributed by atoms with Gasteiger partial charge < -0.3 is 5.11 Å². The zero-order chi connectivity index (χ0) is 13.6. The molecule has 1 aliphatic carbocycles. The molecule has 1 aliphatic rings. The number of benzene rings is 2. The number of hydrogen-bond acceptors (Lipinski definition) is 1.